The van der Waals surface area contributed by atoms with Crippen LogP contribution in [-0.2, 0) is 20.6 Å². The van der Waals surface area contributed by atoms with Crippen molar-refractivity contribution < 1.29 is 47.9 Å². The second-order valence-corrected chi connectivity index (χ2v) is 4.35. The minimum absolute atomic E-state index is 0. The molecule has 0 aliphatic rings. The normalized spacial score (nSPS) is 11.6. The smallest absolute Gasteiger partial charge is 0.772 e. The monoisotopic (exact) mass is 258 g/mol. The fraction of sp³-hybridized carbons (Fsp3) is 0.900. The maximum Gasteiger partial charge on any atom is 1.00 e. The van der Waals surface area contributed by atoms with E-state index < -0.39 is 11.1 Å². The molecule has 1 unspecified atom stereocenters. The molecule has 0 aromatic rings. The summed E-state index contributed by atoms with van der Waals surface area (Å²) in [7, 11) is 0. The van der Waals surface area contributed by atoms with Gasteiger partial charge in [0.25, 0.3) is 0 Å². The van der Waals surface area contributed by atoms with Gasteiger partial charge in [0.2, 0.25) is 0 Å². The van der Waals surface area contributed by atoms with Crippen LogP contribution in [0.2, 0.25) is 0 Å². The van der Waals surface area contributed by atoms with Gasteiger partial charge >= 0.3 is 35.5 Å². The first kappa shape index (κ1) is 18.9. The molecule has 0 N–H and O–H groups in total. The van der Waals surface area contributed by atoms with Gasteiger partial charge in [0.1, 0.15) is 0 Å². The van der Waals surface area contributed by atoms with Gasteiger partial charge in [0, 0.05) is 12.2 Å². The van der Waals surface area contributed by atoms with Gasteiger partial charge in [-0.05, 0) is 19.8 Å². The zero-order valence-corrected chi connectivity index (χ0v) is 13.0. The van der Waals surface area contributed by atoms with Crippen molar-refractivity contribution in [3.05, 3.63) is 0 Å². The largest absolute Gasteiger partial charge is 1.00 e. The van der Waals surface area contributed by atoms with E-state index >= 15 is 0 Å². The molecule has 0 radical (unpaired) electrons. The number of hydrogen-bond donors (Lipinski definition) is 0. The molecule has 0 aliphatic carbocycles. The number of esters is 1. The molecule has 4 nitrogen and oxygen atoms in total. The summed E-state index contributed by atoms with van der Waals surface area (Å²) in [6.07, 6.45) is 4.88. The van der Waals surface area contributed by atoms with E-state index in [1.54, 1.807) is 6.92 Å². The molecule has 0 amide bonds. The Balaban J connectivity index is 0. The third-order valence-electron chi connectivity index (χ3n) is 2.00. The quantitative estimate of drug-likeness (QED) is 0.225. The number of carbonyl (C=O) groups excluding carboxylic acids is 1. The van der Waals surface area contributed by atoms with Crippen molar-refractivity contribution in [3.8, 4) is 0 Å². The van der Waals surface area contributed by atoms with E-state index in [1.165, 1.54) is 0 Å². The maximum atomic E-state index is 10.9. The van der Waals surface area contributed by atoms with Crippen molar-refractivity contribution in [2.24, 2.45) is 0 Å². The van der Waals surface area contributed by atoms with Crippen LogP contribution in [0.25, 0.3) is 0 Å². The van der Waals surface area contributed by atoms with Crippen molar-refractivity contribution in [1.29, 1.82) is 0 Å². The Kier molecular flexibility index (Phi) is 16.1. The van der Waals surface area contributed by atoms with Crippen LogP contribution in [0.3, 0.4) is 0 Å². The van der Waals surface area contributed by atoms with Crippen molar-refractivity contribution in [1.82, 2.24) is 0 Å². The van der Waals surface area contributed by atoms with Gasteiger partial charge in [-0.2, -0.15) is 0 Å². The van der Waals surface area contributed by atoms with Gasteiger partial charge in [-0.15, -0.1) is 0 Å². The average molecular weight is 258 g/mol. The van der Waals surface area contributed by atoms with E-state index in [0.29, 0.717) is 13.0 Å². The van der Waals surface area contributed by atoms with E-state index in [9.17, 15) is 13.6 Å². The Labute approximate surface area is 122 Å². The predicted molar refractivity (Wildman–Crippen MR) is 58.1 cm³/mol. The number of rotatable bonds is 9. The van der Waals surface area contributed by atoms with Crippen LogP contribution in [0.1, 0.15) is 45.4 Å². The standard InChI is InChI=1S/C10H20O4S.Na/c1-2-14-10(11)8-6-4-3-5-7-9-15(12)13;/h2-9H2,1H3,(H,12,13);/q;+1/p-1. The van der Waals surface area contributed by atoms with Gasteiger partial charge in [-0.1, -0.05) is 30.3 Å². The molecule has 0 fully saturated rings. The zero-order chi connectivity index (χ0) is 11.5. The van der Waals surface area contributed by atoms with Crippen LogP contribution in [0.5, 0.6) is 0 Å². The third kappa shape index (κ3) is 14.6. The summed E-state index contributed by atoms with van der Waals surface area (Å²) in [6.45, 7) is 2.23. The molecule has 0 rings (SSSR count). The van der Waals surface area contributed by atoms with Crippen molar-refractivity contribution in [2.75, 3.05) is 12.4 Å². The molecule has 90 valence electrons. The minimum atomic E-state index is -1.91. The van der Waals surface area contributed by atoms with E-state index in [0.717, 1.165) is 32.1 Å². The van der Waals surface area contributed by atoms with Gasteiger partial charge in [-0.25, -0.2) is 0 Å². The van der Waals surface area contributed by atoms with Crippen molar-refractivity contribution >= 4 is 17.0 Å². The minimum Gasteiger partial charge on any atom is -0.772 e. The molecule has 0 aromatic heterocycles. The van der Waals surface area contributed by atoms with E-state index in [2.05, 4.69) is 0 Å². The van der Waals surface area contributed by atoms with Crippen molar-refractivity contribution in [2.45, 2.75) is 45.4 Å². The van der Waals surface area contributed by atoms with Crippen LogP contribution in [0, 0.1) is 0 Å². The molecule has 0 heterocycles. The summed E-state index contributed by atoms with van der Waals surface area (Å²) in [4.78, 5) is 10.9. The SMILES string of the molecule is CCOC(=O)CCCCCCCS(=O)[O-].[Na+]. The molecule has 0 aliphatic heterocycles. The second kappa shape index (κ2) is 13.6. The molecule has 0 saturated carbocycles. The number of unbranched alkanes of at least 4 members (excludes halogenated alkanes) is 4. The summed E-state index contributed by atoms with van der Waals surface area (Å²) in [5.41, 5.74) is 0. The first-order valence-electron chi connectivity index (χ1n) is 5.38. The van der Waals surface area contributed by atoms with Crippen LogP contribution < -0.4 is 29.6 Å². The van der Waals surface area contributed by atoms with Crippen LogP contribution in [0.15, 0.2) is 0 Å². The summed E-state index contributed by atoms with van der Waals surface area (Å²) in [6, 6.07) is 0. The number of hydrogen-bond acceptors (Lipinski definition) is 4. The maximum absolute atomic E-state index is 10.9. The van der Waals surface area contributed by atoms with E-state index in [-0.39, 0.29) is 41.3 Å². The Hall–Kier alpha value is 0.580. The Morgan fingerprint density at radius 2 is 1.75 bits per heavy atom. The molecular formula is C10H19NaO4S. The zero-order valence-electron chi connectivity index (χ0n) is 10.2. The molecule has 6 heteroatoms. The predicted octanol–water partition coefficient (Wildman–Crippen LogP) is -1.23. The first-order chi connectivity index (χ1) is 7.16. The molecule has 0 saturated heterocycles. The Morgan fingerprint density at radius 3 is 2.31 bits per heavy atom. The van der Waals surface area contributed by atoms with Crippen LogP contribution >= 0.6 is 0 Å². The molecule has 0 bridgehead atoms. The summed E-state index contributed by atoms with van der Waals surface area (Å²) in [5.74, 6) is 0.107. The third-order valence-corrected chi connectivity index (χ3v) is 2.62. The average Bonchev–Trinajstić information content (AvgIpc) is 2.16. The Bertz CT molecular complexity index is 199. The number of ether oxygens (including phenoxy) is 1. The molecular weight excluding hydrogens is 239 g/mol. The van der Waals surface area contributed by atoms with E-state index in [1.807, 2.05) is 0 Å². The fourth-order valence-electron chi connectivity index (χ4n) is 1.25. The fourth-order valence-corrected chi connectivity index (χ4v) is 1.69. The topological polar surface area (TPSA) is 66.4 Å². The molecule has 0 aromatic carbocycles. The van der Waals surface area contributed by atoms with Gasteiger partial charge in [-0.3, -0.25) is 9.00 Å². The van der Waals surface area contributed by atoms with Gasteiger partial charge in [0.05, 0.1) is 6.61 Å². The molecule has 0 spiro atoms. The van der Waals surface area contributed by atoms with Gasteiger partial charge in [0.15, 0.2) is 0 Å². The Morgan fingerprint density at radius 1 is 1.19 bits per heavy atom. The van der Waals surface area contributed by atoms with Crippen molar-refractivity contribution in [3.63, 3.8) is 0 Å². The van der Waals surface area contributed by atoms with E-state index in [4.69, 9.17) is 4.74 Å². The summed E-state index contributed by atoms with van der Waals surface area (Å²) >= 11 is -1.91. The first-order valence-corrected chi connectivity index (χ1v) is 6.62. The summed E-state index contributed by atoms with van der Waals surface area (Å²) < 4.78 is 25.2. The van der Waals surface area contributed by atoms with Gasteiger partial charge < -0.3 is 9.29 Å². The number of carbonyl (C=O) groups is 1. The summed E-state index contributed by atoms with van der Waals surface area (Å²) in [5, 5.41) is 0. The van der Waals surface area contributed by atoms with Crippen LogP contribution in [0.4, 0.5) is 0 Å². The molecule has 1 atom stereocenters. The molecule has 16 heavy (non-hydrogen) atoms. The second-order valence-electron chi connectivity index (χ2n) is 3.33. The van der Waals surface area contributed by atoms with Crippen LogP contribution in [-0.4, -0.2) is 27.1 Å².